The number of aromatic nitrogens is 2. The van der Waals surface area contributed by atoms with Gasteiger partial charge in [0.1, 0.15) is 6.10 Å². The monoisotopic (exact) mass is 370 g/mol. The second-order valence-electron chi connectivity index (χ2n) is 5.23. The number of rotatable bonds is 4. The molecule has 1 amide bonds. The minimum absolute atomic E-state index is 0.0600. The first-order valence-electron chi connectivity index (χ1n) is 7.36. The van der Waals surface area contributed by atoms with Crippen molar-refractivity contribution >= 4 is 23.8 Å². The van der Waals surface area contributed by atoms with Gasteiger partial charge in [-0.2, -0.15) is 10.5 Å². The number of anilines is 1. The van der Waals surface area contributed by atoms with Gasteiger partial charge in [-0.3, -0.25) is 4.57 Å². The summed E-state index contributed by atoms with van der Waals surface area (Å²) >= 11 is 0. The number of esters is 2. The van der Waals surface area contributed by atoms with Crippen LogP contribution in [0.15, 0.2) is 17.1 Å². The summed E-state index contributed by atoms with van der Waals surface area (Å²) in [5.74, 6) is -2.49. The lowest BCUT2D eigenvalue weighted by atomic mass is 10.1. The molecular formula is C13H14N4O9. The third kappa shape index (κ3) is 3.16. The fraction of sp³-hybridized carbons (Fsp3) is 0.462. The van der Waals surface area contributed by atoms with E-state index in [1.165, 1.54) is 19.3 Å². The van der Waals surface area contributed by atoms with E-state index in [4.69, 9.17) is 14.2 Å². The first kappa shape index (κ1) is 17.6. The van der Waals surface area contributed by atoms with Gasteiger partial charge in [-0.05, 0) is 0 Å². The van der Waals surface area contributed by atoms with Crippen molar-refractivity contribution in [1.29, 1.82) is 0 Å². The number of nitrogens with zero attached hydrogens (tertiary/aromatic N) is 2. The second-order valence-corrected chi connectivity index (χ2v) is 5.23. The zero-order valence-electron chi connectivity index (χ0n) is 13.3. The van der Waals surface area contributed by atoms with Crippen LogP contribution in [-0.4, -0.2) is 64.7 Å². The highest BCUT2D eigenvalue weighted by Gasteiger charge is 2.54. The molecule has 0 bridgehead atoms. The minimum atomic E-state index is -1.23. The number of ether oxygens (including phenoxy) is 3. The standard InChI is InChI=1S/C13H14N4O9/c1-14-13(22)26-16-6-2-3-17(12(21)15-6)9-8-7(5(4-18)23-9)24-10(19)11(20)25-8/h2-3,5,7-9,18H,4H2,1H3,(H,14,22)(H,15,16,21)/t5-,7?,8?,9-/m1/s1. The summed E-state index contributed by atoms with van der Waals surface area (Å²) in [5, 5.41) is 11.5. The van der Waals surface area contributed by atoms with Crippen molar-refractivity contribution < 1.29 is 38.5 Å². The smallest absolute Gasteiger partial charge is 0.431 e. The fourth-order valence-corrected chi connectivity index (χ4v) is 2.50. The Morgan fingerprint density at radius 1 is 1.31 bits per heavy atom. The molecule has 4 atom stereocenters. The molecule has 3 N–H and O–H groups in total. The van der Waals surface area contributed by atoms with E-state index in [9.17, 15) is 24.3 Å². The molecule has 0 saturated carbocycles. The lowest BCUT2D eigenvalue weighted by Crippen LogP contribution is -2.48. The highest BCUT2D eigenvalue weighted by atomic mass is 16.7. The van der Waals surface area contributed by atoms with E-state index in [1.54, 1.807) is 0 Å². The van der Waals surface area contributed by atoms with Crippen LogP contribution in [0.1, 0.15) is 6.23 Å². The predicted octanol–water partition coefficient (Wildman–Crippen LogP) is -2.35. The lowest BCUT2D eigenvalue weighted by Gasteiger charge is -2.27. The molecule has 1 aromatic heterocycles. The number of hydrogen-bond acceptors (Lipinski definition) is 11. The van der Waals surface area contributed by atoms with Crippen molar-refractivity contribution in [3.05, 3.63) is 22.7 Å². The molecule has 13 nitrogen and oxygen atoms in total. The van der Waals surface area contributed by atoms with Crippen LogP contribution < -0.4 is 16.5 Å². The summed E-state index contributed by atoms with van der Waals surface area (Å²) in [6, 6.07) is 1.30. The summed E-state index contributed by atoms with van der Waals surface area (Å²) in [5.41, 5.74) is 1.34. The molecule has 3 heterocycles. The average molecular weight is 370 g/mol. The van der Waals surface area contributed by atoms with Gasteiger partial charge in [-0.15, -0.1) is 0 Å². The summed E-state index contributed by atoms with van der Waals surface area (Å²) < 4.78 is 16.3. The number of fused-ring (bicyclic) bond motifs is 1. The van der Waals surface area contributed by atoms with Crippen molar-refractivity contribution in [1.82, 2.24) is 14.9 Å². The normalized spacial score (nSPS) is 27.2. The molecule has 2 fully saturated rings. The molecule has 2 saturated heterocycles. The van der Waals surface area contributed by atoms with E-state index in [0.717, 1.165) is 4.57 Å². The van der Waals surface area contributed by atoms with E-state index in [-0.39, 0.29) is 5.82 Å². The van der Waals surface area contributed by atoms with E-state index in [2.05, 4.69) is 20.6 Å². The van der Waals surface area contributed by atoms with Gasteiger partial charge in [0.25, 0.3) is 0 Å². The molecule has 140 valence electrons. The Morgan fingerprint density at radius 2 is 2.00 bits per heavy atom. The van der Waals surface area contributed by atoms with Gasteiger partial charge in [-0.25, -0.2) is 19.2 Å². The molecule has 2 aliphatic rings. The molecule has 0 radical (unpaired) electrons. The van der Waals surface area contributed by atoms with E-state index < -0.39 is 54.9 Å². The molecule has 3 rings (SSSR count). The summed E-state index contributed by atoms with van der Waals surface area (Å²) in [7, 11) is 1.35. The third-order valence-electron chi connectivity index (χ3n) is 3.67. The van der Waals surface area contributed by atoms with Crippen LogP contribution in [0.3, 0.4) is 0 Å². The predicted molar refractivity (Wildman–Crippen MR) is 78.4 cm³/mol. The van der Waals surface area contributed by atoms with Crippen molar-refractivity contribution in [3.63, 3.8) is 0 Å². The number of aliphatic hydroxyl groups is 1. The maximum atomic E-state index is 12.2. The Hall–Kier alpha value is -3.19. The van der Waals surface area contributed by atoms with Gasteiger partial charge in [0.05, 0.1) is 6.61 Å². The molecule has 13 heteroatoms. The molecule has 2 unspecified atom stereocenters. The number of nitrogens with one attached hydrogen (secondary N) is 2. The minimum Gasteiger partial charge on any atom is -0.447 e. The van der Waals surface area contributed by atoms with E-state index in [1.807, 2.05) is 0 Å². The Balaban J connectivity index is 1.82. The van der Waals surface area contributed by atoms with Crippen molar-refractivity contribution in [3.8, 4) is 0 Å². The maximum Gasteiger partial charge on any atom is 0.431 e. The van der Waals surface area contributed by atoms with Crippen LogP contribution in [0.5, 0.6) is 0 Å². The number of carbonyl (C=O) groups excluding carboxylic acids is 3. The lowest BCUT2D eigenvalue weighted by molar-refractivity contribution is -0.195. The van der Waals surface area contributed by atoms with Gasteiger partial charge < -0.3 is 29.5 Å². The van der Waals surface area contributed by atoms with Gasteiger partial charge >= 0.3 is 23.7 Å². The zero-order valence-corrected chi connectivity index (χ0v) is 13.3. The number of carbonyl (C=O) groups is 3. The van der Waals surface area contributed by atoms with Gasteiger partial charge in [0, 0.05) is 19.3 Å². The van der Waals surface area contributed by atoms with Crippen LogP contribution >= 0.6 is 0 Å². The highest BCUT2D eigenvalue weighted by Crippen LogP contribution is 2.35. The topological polar surface area (TPSA) is 167 Å². The van der Waals surface area contributed by atoms with Crippen molar-refractivity contribution in [2.45, 2.75) is 24.5 Å². The molecule has 1 aromatic rings. The number of amides is 1. The zero-order chi connectivity index (χ0) is 18.8. The van der Waals surface area contributed by atoms with Crippen LogP contribution in [0.2, 0.25) is 0 Å². The quantitative estimate of drug-likeness (QED) is 0.225. The van der Waals surface area contributed by atoms with Crippen molar-refractivity contribution in [2.24, 2.45) is 0 Å². The van der Waals surface area contributed by atoms with E-state index >= 15 is 0 Å². The second kappa shape index (κ2) is 6.97. The van der Waals surface area contributed by atoms with Gasteiger partial charge in [0.15, 0.2) is 24.3 Å². The Labute approximate surface area is 144 Å². The molecule has 0 spiro atoms. The van der Waals surface area contributed by atoms with Crippen LogP contribution in [-0.2, 0) is 28.6 Å². The molecule has 2 aliphatic heterocycles. The third-order valence-corrected chi connectivity index (χ3v) is 3.67. The first-order valence-corrected chi connectivity index (χ1v) is 7.36. The first-order chi connectivity index (χ1) is 12.4. The molecule has 0 aromatic carbocycles. The summed E-state index contributed by atoms with van der Waals surface area (Å²) in [4.78, 5) is 54.2. The van der Waals surface area contributed by atoms with E-state index in [0.29, 0.717) is 0 Å². The highest BCUT2D eigenvalue weighted by molar-refractivity contribution is 6.30. The molecule has 26 heavy (non-hydrogen) atoms. The van der Waals surface area contributed by atoms with Crippen molar-refractivity contribution in [2.75, 3.05) is 19.1 Å². The fourth-order valence-electron chi connectivity index (χ4n) is 2.50. The summed E-state index contributed by atoms with van der Waals surface area (Å²) in [6.45, 7) is -0.524. The molecular weight excluding hydrogens is 356 g/mol. The Morgan fingerprint density at radius 3 is 2.62 bits per heavy atom. The largest absolute Gasteiger partial charge is 0.447 e. The number of hydrogen-bond donors (Lipinski definition) is 3. The average Bonchev–Trinajstić information content (AvgIpc) is 2.97. The summed E-state index contributed by atoms with van der Waals surface area (Å²) in [6.07, 6.45) is -3.88. The van der Waals surface area contributed by atoms with Crippen LogP contribution in [0.25, 0.3) is 0 Å². The van der Waals surface area contributed by atoms with Crippen LogP contribution in [0.4, 0.5) is 10.6 Å². The Bertz CT molecular complexity index is 794. The van der Waals surface area contributed by atoms with Crippen LogP contribution in [0, 0.1) is 0 Å². The van der Waals surface area contributed by atoms with Gasteiger partial charge in [0.2, 0.25) is 0 Å². The van der Waals surface area contributed by atoms with Gasteiger partial charge in [-0.1, -0.05) is 0 Å². The maximum absolute atomic E-state index is 12.2. The molecule has 0 aliphatic carbocycles. The number of aliphatic hydroxyl groups excluding tert-OH is 1. The SMILES string of the molecule is CNC(=O)ONc1ccn([C@@H]2O[C@H](CO)C3OC(=O)C(=O)OC32)c(=O)n1. The Kier molecular flexibility index (Phi) is 4.73.